The van der Waals surface area contributed by atoms with E-state index in [0.717, 1.165) is 22.2 Å². The van der Waals surface area contributed by atoms with Crippen molar-refractivity contribution in [3.63, 3.8) is 0 Å². The molecule has 62 valence electrons. The summed E-state index contributed by atoms with van der Waals surface area (Å²) in [7, 11) is 0. The van der Waals surface area contributed by atoms with Crippen molar-refractivity contribution in [1.29, 1.82) is 0 Å². The molecule has 0 unspecified atom stereocenters. The van der Waals surface area contributed by atoms with Gasteiger partial charge in [-0.05, 0) is 31.5 Å². The third-order valence-corrected chi connectivity index (χ3v) is 2.22. The van der Waals surface area contributed by atoms with Gasteiger partial charge in [-0.2, -0.15) is 0 Å². The van der Waals surface area contributed by atoms with Crippen LogP contribution in [0.2, 0.25) is 0 Å². The molecule has 2 nitrogen and oxygen atoms in total. The summed E-state index contributed by atoms with van der Waals surface area (Å²) in [5.41, 5.74) is 3.12. The number of aromatic hydroxyl groups is 1. The summed E-state index contributed by atoms with van der Waals surface area (Å²) < 4.78 is 7.44. The second kappa shape index (κ2) is 2.27. The minimum absolute atomic E-state index is 0.0220. The molecule has 2 rings (SSSR count). The average molecular weight is 162 g/mol. The van der Waals surface area contributed by atoms with Crippen molar-refractivity contribution in [3.05, 3.63) is 29.4 Å². The Bertz CT molecular complexity index is 473. The van der Waals surface area contributed by atoms with Crippen LogP contribution in [0.4, 0.5) is 0 Å². The lowest BCUT2D eigenvalue weighted by molar-refractivity contribution is 0.476. The molecule has 0 bridgehead atoms. The summed E-state index contributed by atoms with van der Waals surface area (Å²) in [6, 6.07) is 3.45. The lowest BCUT2D eigenvalue weighted by Gasteiger charge is -1.92. The van der Waals surface area contributed by atoms with Crippen molar-refractivity contribution in [3.8, 4) is 5.75 Å². The van der Waals surface area contributed by atoms with Gasteiger partial charge in [-0.15, -0.1) is 0 Å². The average Bonchev–Trinajstić information content (AvgIpc) is 2.32. The molecule has 0 saturated carbocycles. The topological polar surface area (TPSA) is 36.0 Å². The van der Waals surface area contributed by atoms with Gasteiger partial charge in [0.1, 0.15) is 5.75 Å². The largest absolute Gasteiger partial charge is 0.508 e. The SMILES string of the molecule is [2H]c1cc2c(C)c(C)[nH]c2cc1O. The number of aromatic nitrogens is 1. The van der Waals surface area contributed by atoms with Crippen LogP contribution in [-0.4, -0.2) is 10.1 Å². The van der Waals surface area contributed by atoms with Crippen molar-refractivity contribution < 1.29 is 6.48 Å². The number of hydrogen-bond acceptors (Lipinski definition) is 1. The van der Waals surface area contributed by atoms with E-state index in [9.17, 15) is 5.11 Å². The van der Waals surface area contributed by atoms with Crippen LogP contribution >= 0.6 is 0 Å². The lowest BCUT2D eigenvalue weighted by atomic mass is 10.1. The van der Waals surface area contributed by atoms with E-state index in [4.69, 9.17) is 1.37 Å². The lowest BCUT2D eigenvalue weighted by Crippen LogP contribution is -1.70. The van der Waals surface area contributed by atoms with Crippen LogP contribution in [-0.2, 0) is 0 Å². The minimum Gasteiger partial charge on any atom is -0.508 e. The van der Waals surface area contributed by atoms with E-state index in [0.29, 0.717) is 0 Å². The highest BCUT2D eigenvalue weighted by molar-refractivity contribution is 5.85. The maximum absolute atomic E-state index is 9.31. The van der Waals surface area contributed by atoms with Gasteiger partial charge in [0.25, 0.3) is 0 Å². The summed E-state index contributed by atoms with van der Waals surface area (Å²) in [6.45, 7) is 3.99. The zero-order valence-electron chi connectivity index (χ0n) is 8.10. The zero-order valence-corrected chi connectivity index (χ0v) is 7.10. The van der Waals surface area contributed by atoms with Gasteiger partial charge in [-0.1, -0.05) is 0 Å². The monoisotopic (exact) mass is 162 g/mol. The number of aryl methyl sites for hydroxylation is 2. The predicted octanol–water partition coefficient (Wildman–Crippen LogP) is 2.49. The number of nitrogens with one attached hydrogen (secondary N) is 1. The van der Waals surface area contributed by atoms with E-state index in [1.807, 2.05) is 13.8 Å². The predicted molar refractivity (Wildman–Crippen MR) is 49.4 cm³/mol. The fourth-order valence-electron chi connectivity index (χ4n) is 1.39. The van der Waals surface area contributed by atoms with Gasteiger partial charge in [0.2, 0.25) is 0 Å². The molecule has 0 amide bonds. The number of phenols is 1. The molecule has 2 aromatic rings. The van der Waals surface area contributed by atoms with Gasteiger partial charge in [-0.25, -0.2) is 0 Å². The molecule has 2 N–H and O–H groups in total. The van der Waals surface area contributed by atoms with Crippen molar-refractivity contribution in [1.82, 2.24) is 4.98 Å². The Hall–Kier alpha value is -1.44. The number of H-pyrrole nitrogens is 1. The van der Waals surface area contributed by atoms with Crippen LogP contribution in [0.25, 0.3) is 10.9 Å². The Kier molecular flexibility index (Phi) is 1.16. The molecule has 0 aliphatic rings. The fourth-order valence-corrected chi connectivity index (χ4v) is 1.39. The van der Waals surface area contributed by atoms with Crippen LogP contribution < -0.4 is 0 Å². The summed E-state index contributed by atoms with van der Waals surface area (Å²) in [4.78, 5) is 3.15. The molecule has 0 spiro atoms. The fraction of sp³-hybridized carbons (Fsp3) is 0.200. The number of hydrogen-bond donors (Lipinski definition) is 2. The van der Waals surface area contributed by atoms with Crippen LogP contribution in [0.1, 0.15) is 12.6 Å². The highest BCUT2D eigenvalue weighted by Gasteiger charge is 2.03. The third-order valence-electron chi connectivity index (χ3n) is 2.22. The molecule has 12 heavy (non-hydrogen) atoms. The first-order valence-corrected chi connectivity index (χ1v) is 3.88. The van der Waals surface area contributed by atoms with E-state index in [1.165, 1.54) is 0 Å². The summed E-state index contributed by atoms with van der Waals surface area (Å²) >= 11 is 0. The van der Waals surface area contributed by atoms with Gasteiger partial charge in [0.15, 0.2) is 0 Å². The molecule has 0 aliphatic heterocycles. The van der Waals surface area contributed by atoms with Crippen LogP contribution in [0.3, 0.4) is 0 Å². The van der Waals surface area contributed by atoms with E-state index in [1.54, 1.807) is 12.1 Å². The highest BCUT2D eigenvalue weighted by atomic mass is 16.3. The number of fused-ring (bicyclic) bond motifs is 1. The molecule has 0 atom stereocenters. The van der Waals surface area contributed by atoms with Crippen molar-refractivity contribution in [2.45, 2.75) is 13.8 Å². The van der Waals surface area contributed by atoms with E-state index >= 15 is 0 Å². The number of rotatable bonds is 0. The van der Waals surface area contributed by atoms with Crippen molar-refractivity contribution in [2.75, 3.05) is 0 Å². The first-order valence-electron chi connectivity index (χ1n) is 4.38. The number of phenolic OH excluding ortho intramolecular Hbond substituents is 1. The normalized spacial score (nSPS) is 12.0. The Labute approximate surface area is 72.3 Å². The van der Waals surface area contributed by atoms with Crippen molar-refractivity contribution in [2.24, 2.45) is 0 Å². The number of benzene rings is 1. The quantitative estimate of drug-likeness (QED) is 0.613. The van der Waals surface area contributed by atoms with E-state index in [-0.39, 0.29) is 11.8 Å². The molecule has 0 aliphatic carbocycles. The van der Waals surface area contributed by atoms with Gasteiger partial charge in [0.05, 0.1) is 1.37 Å². The first-order chi connectivity index (χ1) is 6.09. The summed E-state index contributed by atoms with van der Waals surface area (Å²) in [5, 5.41) is 10.3. The second-order valence-corrected chi connectivity index (χ2v) is 3.02. The van der Waals surface area contributed by atoms with Crippen molar-refractivity contribution >= 4 is 10.9 Å². The van der Waals surface area contributed by atoms with Gasteiger partial charge in [0, 0.05) is 22.7 Å². The smallest absolute Gasteiger partial charge is 0.117 e. The van der Waals surface area contributed by atoms with Crippen LogP contribution in [0, 0.1) is 13.8 Å². The first kappa shape index (κ1) is 6.12. The molecule has 0 fully saturated rings. The maximum atomic E-state index is 9.31. The maximum Gasteiger partial charge on any atom is 0.117 e. The molecule has 1 heterocycles. The van der Waals surface area contributed by atoms with Crippen LogP contribution in [0.15, 0.2) is 18.2 Å². The molecular formula is C10H11NO. The van der Waals surface area contributed by atoms with Gasteiger partial charge in [-0.3, -0.25) is 0 Å². The van der Waals surface area contributed by atoms with E-state index in [2.05, 4.69) is 4.98 Å². The van der Waals surface area contributed by atoms with Crippen LogP contribution in [0.5, 0.6) is 5.75 Å². The Morgan fingerprint density at radius 3 is 3.00 bits per heavy atom. The van der Waals surface area contributed by atoms with E-state index < -0.39 is 0 Å². The molecule has 0 saturated heterocycles. The summed E-state index contributed by atoms with van der Waals surface area (Å²) in [5.74, 6) is 0.0220. The Morgan fingerprint density at radius 2 is 2.25 bits per heavy atom. The standard InChI is InChI=1S/C10H11NO/c1-6-7(2)11-10-5-8(12)3-4-9(6)10/h3-5,11-12H,1-2H3/i3D. The van der Waals surface area contributed by atoms with Gasteiger partial charge < -0.3 is 10.1 Å². The zero-order chi connectivity index (χ0) is 9.59. The molecule has 2 heteroatoms. The number of aromatic amines is 1. The highest BCUT2D eigenvalue weighted by Crippen LogP contribution is 2.24. The molecule has 1 aromatic heterocycles. The molecule has 1 aromatic carbocycles. The molecular weight excluding hydrogens is 150 g/mol. The van der Waals surface area contributed by atoms with Gasteiger partial charge >= 0.3 is 0 Å². The third kappa shape index (κ3) is 0.881. The Morgan fingerprint density at radius 1 is 1.50 bits per heavy atom. The summed E-state index contributed by atoms with van der Waals surface area (Å²) in [6.07, 6.45) is 0. The molecule has 0 radical (unpaired) electrons. The second-order valence-electron chi connectivity index (χ2n) is 3.02. The minimum atomic E-state index is 0.0220. The Balaban J connectivity index is 2.89.